The van der Waals surface area contributed by atoms with E-state index in [-0.39, 0.29) is 18.1 Å². The zero-order valence-corrected chi connectivity index (χ0v) is 18.7. The van der Waals surface area contributed by atoms with Gasteiger partial charge in [-0.25, -0.2) is 4.98 Å². The predicted octanol–water partition coefficient (Wildman–Crippen LogP) is 4.78. The molecular weight excluding hydrogens is 477 g/mol. The number of carbonyl (C=O) groups excluding carboxylic acids is 1. The monoisotopic (exact) mass is 498 g/mol. The summed E-state index contributed by atoms with van der Waals surface area (Å²) in [6.07, 6.45) is -5.85. The summed E-state index contributed by atoms with van der Waals surface area (Å²) in [6, 6.07) is 20.5. The third kappa shape index (κ3) is 6.29. The fraction of sp³-hybridized carbons (Fsp3) is 0.154. The molecule has 0 saturated carbocycles. The molecule has 10 heteroatoms. The van der Waals surface area contributed by atoms with Crippen LogP contribution in [0.4, 0.5) is 18.9 Å². The number of hydrogen-bond acceptors (Lipinski definition) is 6. The second-order valence-electron chi connectivity index (χ2n) is 7.78. The van der Waals surface area contributed by atoms with Gasteiger partial charge in [0.1, 0.15) is 29.9 Å². The first-order valence-corrected chi connectivity index (χ1v) is 10.8. The van der Waals surface area contributed by atoms with Crippen LogP contribution >= 0.6 is 0 Å². The van der Waals surface area contributed by atoms with Gasteiger partial charge in [0.2, 0.25) is 0 Å². The van der Waals surface area contributed by atoms with Gasteiger partial charge in [0.25, 0.3) is 5.91 Å². The van der Waals surface area contributed by atoms with E-state index >= 15 is 0 Å². The quantitative estimate of drug-likeness (QED) is 0.323. The molecule has 0 saturated heterocycles. The molecule has 1 heterocycles. The summed E-state index contributed by atoms with van der Waals surface area (Å²) in [5, 5.41) is 21.7. The number of aliphatic hydroxyl groups excluding tert-OH is 2. The predicted molar refractivity (Wildman–Crippen MR) is 127 cm³/mol. The number of anilines is 1. The number of fused-ring (bicyclic) bond motifs is 1. The van der Waals surface area contributed by atoms with Gasteiger partial charge in [-0.05, 0) is 35.9 Å². The second-order valence-corrected chi connectivity index (χ2v) is 7.78. The number of aromatic nitrogens is 1. The lowest BCUT2D eigenvalue weighted by Crippen LogP contribution is -2.21. The zero-order valence-electron chi connectivity index (χ0n) is 18.7. The summed E-state index contributed by atoms with van der Waals surface area (Å²) in [4.78, 5) is 17.4. The van der Waals surface area contributed by atoms with Crippen molar-refractivity contribution in [1.29, 1.82) is 0 Å². The highest BCUT2D eigenvalue weighted by Gasteiger charge is 2.31. The molecule has 4 rings (SSSR count). The Hall–Kier alpha value is -4.15. The highest BCUT2D eigenvalue weighted by molar-refractivity contribution is 6.05. The number of rotatable bonds is 8. The number of ether oxygens (including phenoxy) is 2. The molecule has 0 fully saturated rings. The van der Waals surface area contributed by atoms with Gasteiger partial charge < -0.3 is 25.0 Å². The molecule has 0 aliphatic rings. The van der Waals surface area contributed by atoms with E-state index in [1.165, 1.54) is 18.2 Å². The lowest BCUT2D eigenvalue weighted by Gasteiger charge is -2.12. The minimum atomic E-state index is -4.82. The van der Waals surface area contributed by atoms with E-state index < -0.39 is 25.0 Å². The van der Waals surface area contributed by atoms with Gasteiger partial charge in [0.15, 0.2) is 0 Å². The number of nitrogens with zero attached hydrogens (tertiary/aromatic N) is 1. The largest absolute Gasteiger partial charge is 0.573 e. The number of alkyl halides is 3. The van der Waals surface area contributed by atoms with Crippen molar-refractivity contribution in [2.75, 3.05) is 18.5 Å². The van der Waals surface area contributed by atoms with Crippen molar-refractivity contribution in [3.05, 3.63) is 84.6 Å². The van der Waals surface area contributed by atoms with Crippen LogP contribution in [-0.2, 0) is 0 Å². The lowest BCUT2D eigenvalue weighted by molar-refractivity contribution is -0.274. The van der Waals surface area contributed by atoms with Crippen LogP contribution in [0.15, 0.2) is 78.9 Å². The van der Waals surface area contributed by atoms with E-state index in [9.17, 15) is 23.1 Å². The van der Waals surface area contributed by atoms with E-state index in [0.717, 1.165) is 0 Å². The van der Waals surface area contributed by atoms with Crippen molar-refractivity contribution in [3.63, 3.8) is 0 Å². The number of aliphatic hydroxyl groups is 2. The summed E-state index contributed by atoms with van der Waals surface area (Å²) in [7, 11) is 0. The van der Waals surface area contributed by atoms with Crippen molar-refractivity contribution < 1.29 is 37.7 Å². The van der Waals surface area contributed by atoms with Crippen LogP contribution in [0.25, 0.3) is 22.0 Å². The van der Waals surface area contributed by atoms with E-state index in [1.807, 2.05) is 0 Å². The fourth-order valence-electron chi connectivity index (χ4n) is 3.47. The molecule has 1 aromatic heterocycles. The number of nitrogens with one attached hydrogen (secondary N) is 1. The summed E-state index contributed by atoms with van der Waals surface area (Å²) in [5.41, 5.74) is 1.93. The van der Waals surface area contributed by atoms with Crippen molar-refractivity contribution in [2.45, 2.75) is 12.5 Å². The van der Waals surface area contributed by atoms with E-state index in [1.54, 1.807) is 60.7 Å². The van der Waals surface area contributed by atoms with Crippen LogP contribution in [0, 0.1) is 0 Å². The molecule has 1 atom stereocenters. The van der Waals surface area contributed by atoms with Gasteiger partial charge in [0.05, 0.1) is 12.1 Å². The molecule has 7 nitrogen and oxygen atoms in total. The van der Waals surface area contributed by atoms with Gasteiger partial charge in [-0.2, -0.15) is 0 Å². The zero-order chi connectivity index (χ0) is 25.7. The minimum absolute atomic E-state index is 0.0969. The highest BCUT2D eigenvalue weighted by Crippen LogP contribution is 2.32. The number of benzene rings is 3. The van der Waals surface area contributed by atoms with Crippen molar-refractivity contribution >= 4 is 22.5 Å². The Morgan fingerprint density at radius 1 is 0.972 bits per heavy atom. The molecule has 3 N–H and O–H groups in total. The summed E-state index contributed by atoms with van der Waals surface area (Å²) in [5.74, 6) is -0.483. The topological polar surface area (TPSA) is 101 Å². The van der Waals surface area contributed by atoms with Crippen molar-refractivity contribution in [2.24, 2.45) is 0 Å². The third-order valence-electron chi connectivity index (χ3n) is 5.08. The first kappa shape index (κ1) is 25.0. The van der Waals surface area contributed by atoms with Gasteiger partial charge in [-0.15, -0.1) is 13.2 Å². The molecule has 36 heavy (non-hydrogen) atoms. The molecule has 186 valence electrons. The van der Waals surface area contributed by atoms with E-state index in [0.29, 0.717) is 33.5 Å². The Kier molecular flexibility index (Phi) is 7.37. The molecule has 1 amide bonds. The van der Waals surface area contributed by atoms with Gasteiger partial charge in [0, 0.05) is 22.7 Å². The summed E-state index contributed by atoms with van der Waals surface area (Å²) in [6.45, 7) is -0.552. The standard InChI is InChI=1S/C26H21F3N2O5/c27-26(28,29)36-21-8-1-5-17(12-21)22-9-2-4-16-10-11-23(31-24(16)22)25(34)30-18-6-3-7-20(13-18)35-15-19(33)14-32/h1-13,19,32-33H,14-15H2,(H,30,34)/t19-/m1/s1. The molecular formula is C26H21F3N2O5. The number of carbonyl (C=O) groups is 1. The lowest BCUT2D eigenvalue weighted by atomic mass is 10.0. The minimum Gasteiger partial charge on any atom is -0.491 e. The Morgan fingerprint density at radius 3 is 2.50 bits per heavy atom. The first-order valence-electron chi connectivity index (χ1n) is 10.8. The SMILES string of the molecule is O=C(Nc1cccc(OC[C@H](O)CO)c1)c1ccc2cccc(-c3cccc(OC(F)(F)F)c3)c2n1. The molecule has 4 aromatic rings. The number of hydrogen-bond donors (Lipinski definition) is 3. The number of para-hydroxylation sites is 1. The Bertz CT molecular complexity index is 1380. The van der Waals surface area contributed by atoms with Crippen LogP contribution < -0.4 is 14.8 Å². The van der Waals surface area contributed by atoms with Crippen LogP contribution in [0.5, 0.6) is 11.5 Å². The second kappa shape index (κ2) is 10.6. The van der Waals surface area contributed by atoms with E-state index in [4.69, 9.17) is 9.84 Å². The van der Waals surface area contributed by atoms with Crippen molar-refractivity contribution in [3.8, 4) is 22.6 Å². The number of pyridine rings is 1. The van der Waals surface area contributed by atoms with Crippen molar-refractivity contribution in [1.82, 2.24) is 4.98 Å². The van der Waals surface area contributed by atoms with Gasteiger partial charge in [-0.3, -0.25) is 4.79 Å². The highest BCUT2D eigenvalue weighted by atomic mass is 19.4. The Morgan fingerprint density at radius 2 is 1.72 bits per heavy atom. The molecule has 0 spiro atoms. The normalized spacial score (nSPS) is 12.2. The Labute approximate surface area is 203 Å². The average Bonchev–Trinajstić information content (AvgIpc) is 2.86. The maximum Gasteiger partial charge on any atom is 0.573 e. The third-order valence-corrected chi connectivity index (χ3v) is 5.08. The Balaban J connectivity index is 1.59. The first-order chi connectivity index (χ1) is 17.2. The summed E-state index contributed by atoms with van der Waals surface area (Å²) < 4.78 is 47.4. The maximum atomic E-state index is 12.9. The number of halogens is 3. The van der Waals surface area contributed by atoms with E-state index in [2.05, 4.69) is 15.0 Å². The smallest absolute Gasteiger partial charge is 0.491 e. The molecule has 0 aliphatic carbocycles. The summed E-state index contributed by atoms with van der Waals surface area (Å²) >= 11 is 0. The molecule has 0 unspecified atom stereocenters. The molecule has 0 bridgehead atoms. The number of amides is 1. The molecule has 3 aromatic carbocycles. The van der Waals surface area contributed by atoms with Crippen LogP contribution in [0.1, 0.15) is 10.5 Å². The van der Waals surface area contributed by atoms with Crippen LogP contribution in [0.3, 0.4) is 0 Å². The van der Waals surface area contributed by atoms with Crippen LogP contribution in [0.2, 0.25) is 0 Å². The molecule has 0 radical (unpaired) electrons. The maximum absolute atomic E-state index is 12.9. The van der Waals surface area contributed by atoms with Gasteiger partial charge in [-0.1, -0.05) is 42.5 Å². The molecule has 0 aliphatic heterocycles. The van der Waals surface area contributed by atoms with Crippen LogP contribution in [-0.4, -0.2) is 46.8 Å². The van der Waals surface area contributed by atoms with Gasteiger partial charge >= 0.3 is 6.36 Å². The average molecular weight is 498 g/mol. The fourth-order valence-corrected chi connectivity index (χ4v) is 3.47.